The summed E-state index contributed by atoms with van der Waals surface area (Å²) in [5.41, 5.74) is 7.37. The van der Waals surface area contributed by atoms with Gasteiger partial charge in [0.25, 0.3) is 0 Å². The van der Waals surface area contributed by atoms with Crippen molar-refractivity contribution in [1.29, 1.82) is 0 Å². The lowest BCUT2D eigenvalue weighted by molar-refractivity contribution is -0.129. The highest BCUT2D eigenvalue weighted by atomic mass is 35.5. The highest BCUT2D eigenvalue weighted by molar-refractivity contribution is 5.85. The molecule has 1 aliphatic heterocycles. The summed E-state index contributed by atoms with van der Waals surface area (Å²) in [7, 11) is 0. The molecule has 1 fully saturated rings. The first-order valence-electron chi connectivity index (χ1n) is 5.38. The minimum Gasteiger partial charge on any atom is -0.399 e. The molecule has 0 atom stereocenters. The van der Waals surface area contributed by atoms with Crippen LogP contribution in [0.15, 0.2) is 24.3 Å². The van der Waals surface area contributed by atoms with Crippen LogP contribution in [0, 0.1) is 0 Å². The lowest BCUT2D eigenvalue weighted by Gasteiger charge is -2.14. The van der Waals surface area contributed by atoms with Crippen molar-refractivity contribution < 1.29 is 4.79 Å². The van der Waals surface area contributed by atoms with E-state index < -0.39 is 0 Å². The average Bonchev–Trinajstić information content (AvgIpc) is 2.74. The zero-order valence-electron chi connectivity index (χ0n) is 9.19. The minimum absolute atomic E-state index is 0. The first kappa shape index (κ1) is 12.8. The third-order valence-corrected chi connectivity index (χ3v) is 2.79. The second kappa shape index (κ2) is 5.75. The Bertz CT molecular complexity index is 345. The molecule has 1 saturated heterocycles. The van der Waals surface area contributed by atoms with Gasteiger partial charge in [0.1, 0.15) is 0 Å². The van der Waals surface area contributed by atoms with Crippen LogP contribution in [-0.2, 0) is 11.2 Å². The molecule has 3 nitrogen and oxygen atoms in total. The Morgan fingerprint density at radius 1 is 1.19 bits per heavy atom. The van der Waals surface area contributed by atoms with Gasteiger partial charge in [0.05, 0.1) is 6.42 Å². The van der Waals surface area contributed by atoms with E-state index in [1.54, 1.807) is 0 Å². The molecule has 4 heteroatoms. The van der Waals surface area contributed by atoms with E-state index in [0.29, 0.717) is 6.42 Å². The monoisotopic (exact) mass is 240 g/mol. The summed E-state index contributed by atoms with van der Waals surface area (Å²) in [6.45, 7) is 1.85. The van der Waals surface area contributed by atoms with Crippen molar-refractivity contribution >= 4 is 24.0 Å². The molecule has 1 heterocycles. The van der Waals surface area contributed by atoms with E-state index in [-0.39, 0.29) is 18.3 Å². The second-order valence-corrected chi connectivity index (χ2v) is 4.01. The molecule has 0 aliphatic carbocycles. The number of halogens is 1. The predicted octanol–water partition coefficient (Wildman–Crippen LogP) is 1.86. The Hall–Kier alpha value is -1.22. The van der Waals surface area contributed by atoms with Crippen molar-refractivity contribution in [3.8, 4) is 0 Å². The molecular weight excluding hydrogens is 224 g/mol. The number of carbonyl (C=O) groups excluding carboxylic acids is 1. The van der Waals surface area contributed by atoms with Crippen LogP contribution in [0.1, 0.15) is 18.4 Å². The fraction of sp³-hybridized carbons (Fsp3) is 0.417. The van der Waals surface area contributed by atoms with Gasteiger partial charge in [0, 0.05) is 18.8 Å². The second-order valence-electron chi connectivity index (χ2n) is 4.01. The van der Waals surface area contributed by atoms with Gasteiger partial charge < -0.3 is 10.6 Å². The number of amides is 1. The first-order valence-corrected chi connectivity index (χ1v) is 5.38. The molecule has 1 amide bonds. The molecule has 2 N–H and O–H groups in total. The van der Waals surface area contributed by atoms with Gasteiger partial charge in [-0.3, -0.25) is 4.79 Å². The molecule has 0 unspecified atom stereocenters. The Morgan fingerprint density at radius 2 is 1.75 bits per heavy atom. The van der Waals surface area contributed by atoms with E-state index in [1.807, 2.05) is 29.2 Å². The number of anilines is 1. The van der Waals surface area contributed by atoms with Gasteiger partial charge in [-0.15, -0.1) is 12.4 Å². The van der Waals surface area contributed by atoms with Crippen LogP contribution < -0.4 is 5.73 Å². The van der Waals surface area contributed by atoms with Crippen LogP contribution in [0.4, 0.5) is 5.69 Å². The highest BCUT2D eigenvalue weighted by Gasteiger charge is 2.17. The largest absolute Gasteiger partial charge is 0.399 e. The SMILES string of the molecule is Cl.Nc1ccc(CC(=O)N2CCCC2)cc1. The summed E-state index contributed by atoms with van der Waals surface area (Å²) in [5.74, 6) is 0.234. The molecule has 0 radical (unpaired) electrons. The maximum Gasteiger partial charge on any atom is 0.226 e. The molecule has 0 spiro atoms. The topological polar surface area (TPSA) is 46.3 Å². The van der Waals surface area contributed by atoms with Crippen LogP contribution in [0.2, 0.25) is 0 Å². The lowest BCUT2D eigenvalue weighted by atomic mass is 10.1. The van der Waals surface area contributed by atoms with Gasteiger partial charge in [-0.1, -0.05) is 12.1 Å². The predicted molar refractivity (Wildman–Crippen MR) is 67.6 cm³/mol. The zero-order valence-corrected chi connectivity index (χ0v) is 10.0. The zero-order chi connectivity index (χ0) is 10.7. The summed E-state index contributed by atoms with van der Waals surface area (Å²) in [6.07, 6.45) is 2.79. The van der Waals surface area contributed by atoms with E-state index in [4.69, 9.17) is 5.73 Å². The van der Waals surface area contributed by atoms with Gasteiger partial charge in [-0.25, -0.2) is 0 Å². The van der Waals surface area contributed by atoms with Crippen LogP contribution in [-0.4, -0.2) is 23.9 Å². The Labute approximate surface area is 102 Å². The Balaban J connectivity index is 0.00000128. The standard InChI is InChI=1S/C12H16N2O.ClH/c13-11-5-3-10(4-6-11)9-12(15)14-7-1-2-8-14;/h3-6H,1-2,7-9,13H2;1H. The summed E-state index contributed by atoms with van der Waals surface area (Å²) < 4.78 is 0. The molecule has 0 aromatic heterocycles. The number of rotatable bonds is 2. The third-order valence-electron chi connectivity index (χ3n) is 2.79. The van der Waals surface area contributed by atoms with E-state index in [9.17, 15) is 4.79 Å². The number of carbonyl (C=O) groups is 1. The van der Waals surface area contributed by atoms with E-state index in [0.717, 1.165) is 37.2 Å². The fourth-order valence-corrected chi connectivity index (χ4v) is 1.89. The molecule has 0 bridgehead atoms. The Kier molecular flexibility index (Phi) is 4.62. The normalized spacial score (nSPS) is 14.6. The fourth-order valence-electron chi connectivity index (χ4n) is 1.89. The van der Waals surface area contributed by atoms with Gasteiger partial charge in [0.15, 0.2) is 0 Å². The number of nitrogen functional groups attached to an aromatic ring is 1. The van der Waals surface area contributed by atoms with E-state index in [1.165, 1.54) is 0 Å². The number of benzene rings is 1. The molecule has 88 valence electrons. The molecule has 2 rings (SSSR count). The molecule has 1 aromatic carbocycles. The minimum atomic E-state index is 0. The number of likely N-dealkylation sites (tertiary alicyclic amines) is 1. The van der Waals surface area contributed by atoms with Crippen molar-refractivity contribution in [1.82, 2.24) is 4.90 Å². The van der Waals surface area contributed by atoms with Crippen molar-refractivity contribution in [2.75, 3.05) is 18.8 Å². The third kappa shape index (κ3) is 3.14. The lowest BCUT2D eigenvalue weighted by Crippen LogP contribution is -2.29. The number of nitrogens with zero attached hydrogens (tertiary/aromatic N) is 1. The maximum absolute atomic E-state index is 11.8. The number of hydrogen-bond acceptors (Lipinski definition) is 2. The van der Waals surface area contributed by atoms with Crippen molar-refractivity contribution in [3.63, 3.8) is 0 Å². The van der Waals surface area contributed by atoms with Crippen molar-refractivity contribution in [3.05, 3.63) is 29.8 Å². The van der Waals surface area contributed by atoms with E-state index >= 15 is 0 Å². The number of hydrogen-bond donors (Lipinski definition) is 1. The summed E-state index contributed by atoms with van der Waals surface area (Å²) >= 11 is 0. The first-order chi connectivity index (χ1) is 7.25. The summed E-state index contributed by atoms with van der Waals surface area (Å²) in [5, 5.41) is 0. The van der Waals surface area contributed by atoms with Gasteiger partial charge in [-0.05, 0) is 30.5 Å². The maximum atomic E-state index is 11.8. The van der Waals surface area contributed by atoms with Gasteiger partial charge in [-0.2, -0.15) is 0 Å². The van der Waals surface area contributed by atoms with Crippen LogP contribution in [0.5, 0.6) is 0 Å². The molecule has 1 aromatic rings. The van der Waals surface area contributed by atoms with Gasteiger partial charge >= 0.3 is 0 Å². The molecule has 0 saturated carbocycles. The van der Waals surface area contributed by atoms with Gasteiger partial charge in [0.2, 0.25) is 5.91 Å². The van der Waals surface area contributed by atoms with Crippen molar-refractivity contribution in [2.24, 2.45) is 0 Å². The average molecular weight is 241 g/mol. The number of nitrogens with two attached hydrogens (primary N) is 1. The summed E-state index contributed by atoms with van der Waals surface area (Å²) in [4.78, 5) is 13.7. The molecule has 16 heavy (non-hydrogen) atoms. The molecule has 1 aliphatic rings. The van der Waals surface area contributed by atoms with Crippen LogP contribution >= 0.6 is 12.4 Å². The smallest absolute Gasteiger partial charge is 0.226 e. The van der Waals surface area contributed by atoms with Crippen molar-refractivity contribution in [2.45, 2.75) is 19.3 Å². The highest BCUT2D eigenvalue weighted by Crippen LogP contribution is 2.11. The summed E-state index contributed by atoms with van der Waals surface area (Å²) in [6, 6.07) is 7.52. The van der Waals surface area contributed by atoms with Crippen LogP contribution in [0.25, 0.3) is 0 Å². The molecular formula is C12H17ClN2O. The quantitative estimate of drug-likeness (QED) is 0.802. The van der Waals surface area contributed by atoms with E-state index in [2.05, 4.69) is 0 Å². The Morgan fingerprint density at radius 3 is 2.31 bits per heavy atom. The van der Waals surface area contributed by atoms with Crippen LogP contribution in [0.3, 0.4) is 0 Å².